The largest absolute Gasteiger partial charge is 0.396 e. The molecule has 16 heavy (non-hydrogen) atoms. The molecule has 3 heteroatoms. The molecule has 1 aromatic rings. The normalized spacial score (nSPS) is 12.9. The first-order chi connectivity index (χ1) is 7.76. The molecule has 2 nitrogen and oxygen atoms in total. The molecule has 0 spiro atoms. The van der Waals surface area contributed by atoms with Gasteiger partial charge in [-0.1, -0.05) is 13.3 Å². The summed E-state index contributed by atoms with van der Waals surface area (Å²) in [4.78, 5) is 2.77. The van der Waals surface area contributed by atoms with E-state index in [4.69, 9.17) is 5.11 Å². The third-order valence-electron chi connectivity index (χ3n) is 2.76. The minimum Gasteiger partial charge on any atom is -0.396 e. The third-order valence-corrected chi connectivity index (χ3v) is 3.76. The zero-order valence-electron chi connectivity index (χ0n) is 10.3. The summed E-state index contributed by atoms with van der Waals surface area (Å²) >= 11 is 1.85. The van der Waals surface area contributed by atoms with Gasteiger partial charge >= 0.3 is 0 Å². The van der Waals surface area contributed by atoms with E-state index >= 15 is 0 Å². The first-order valence-corrected chi connectivity index (χ1v) is 6.94. The Labute approximate surface area is 103 Å². The van der Waals surface area contributed by atoms with Crippen molar-refractivity contribution in [3.8, 4) is 0 Å². The van der Waals surface area contributed by atoms with Crippen LogP contribution in [0.5, 0.6) is 0 Å². The van der Waals surface area contributed by atoms with Crippen LogP contribution in [0.4, 0.5) is 0 Å². The van der Waals surface area contributed by atoms with Crippen molar-refractivity contribution in [3.05, 3.63) is 21.9 Å². The van der Waals surface area contributed by atoms with Gasteiger partial charge in [0.25, 0.3) is 0 Å². The molecule has 0 aliphatic carbocycles. The lowest BCUT2D eigenvalue weighted by Gasteiger charge is -2.15. The minimum absolute atomic E-state index is 0.310. The van der Waals surface area contributed by atoms with Crippen molar-refractivity contribution in [2.24, 2.45) is 5.92 Å². The van der Waals surface area contributed by atoms with Crippen molar-refractivity contribution in [3.63, 3.8) is 0 Å². The van der Waals surface area contributed by atoms with Crippen LogP contribution >= 0.6 is 11.3 Å². The quantitative estimate of drug-likeness (QED) is 0.733. The maximum Gasteiger partial charge on any atom is 0.0434 e. The Morgan fingerprint density at radius 1 is 1.38 bits per heavy atom. The molecular weight excluding hydrogens is 218 g/mol. The van der Waals surface area contributed by atoms with E-state index in [1.165, 1.54) is 22.6 Å². The standard InChI is InChI=1S/C13H23NOS/c1-3-4-12(7-8-15)9-14-10-13-6-5-11(2)16-13/h5-6,12,14-15H,3-4,7-10H2,1-2H3. The Balaban J connectivity index is 2.21. The second-order valence-electron chi connectivity index (χ2n) is 4.31. The van der Waals surface area contributed by atoms with Crippen LogP contribution < -0.4 is 5.32 Å². The van der Waals surface area contributed by atoms with Gasteiger partial charge in [0.15, 0.2) is 0 Å². The van der Waals surface area contributed by atoms with Crippen molar-refractivity contribution < 1.29 is 5.11 Å². The van der Waals surface area contributed by atoms with E-state index in [1.807, 2.05) is 11.3 Å². The molecule has 0 aromatic carbocycles. The Hall–Kier alpha value is -0.380. The number of aryl methyl sites for hydroxylation is 1. The lowest BCUT2D eigenvalue weighted by molar-refractivity contribution is 0.248. The number of nitrogens with one attached hydrogen (secondary N) is 1. The zero-order chi connectivity index (χ0) is 11.8. The highest BCUT2D eigenvalue weighted by molar-refractivity contribution is 7.11. The van der Waals surface area contributed by atoms with Gasteiger partial charge in [-0.05, 0) is 44.4 Å². The molecule has 0 saturated carbocycles. The van der Waals surface area contributed by atoms with Crippen LogP contribution in [0, 0.1) is 12.8 Å². The van der Waals surface area contributed by atoms with Crippen LogP contribution in [0.15, 0.2) is 12.1 Å². The van der Waals surface area contributed by atoms with Gasteiger partial charge < -0.3 is 10.4 Å². The van der Waals surface area contributed by atoms with Crippen LogP contribution in [-0.2, 0) is 6.54 Å². The molecule has 1 heterocycles. The van der Waals surface area contributed by atoms with Gasteiger partial charge in [-0.2, -0.15) is 0 Å². The van der Waals surface area contributed by atoms with Gasteiger partial charge in [0.05, 0.1) is 0 Å². The molecular formula is C13H23NOS. The van der Waals surface area contributed by atoms with Gasteiger partial charge in [0.1, 0.15) is 0 Å². The second-order valence-corrected chi connectivity index (χ2v) is 5.68. The molecule has 0 amide bonds. The molecule has 1 unspecified atom stereocenters. The van der Waals surface area contributed by atoms with Crippen LogP contribution in [-0.4, -0.2) is 18.3 Å². The fourth-order valence-corrected chi connectivity index (χ4v) is 2.78. The molecule has 1 aromatic heterocycles. The Bertz CT molecular complexity index is 279. The fourth-order valence-electron chi connectivity index (χ4n) is 1.92. The van der Waals surface area contributed by atoms with Gasteiger partial charge in [0.2, 0.25) is 0 Å². The average Bonchev–Trinajstić information content (AvgIpc) is 2.65. The molecule has 0 saturated heterocycles. The summed E-state index contributed by atoms with van der Waals surface area (Å²) in [5.41, 5.74) is 0. The molecule has 0 bridgehead atoms. The summed E-state index contributed by atoms with van der Waals surface area (Å²) in [6.07, 6.45) is 3.33. The molecule has 92 valence electrons. The number of aliphatic hydroxyl groups is 1. The third kappa shape index (κ3) is 5.10. The van der Waals surface area contributed by atoms with Crippen molar-refractivity contribution in [2.75, 3.05) is 13.2 Å². The first kappa shape index (κ1) is 13.7. The van der Waals surface area contributed by atoms with Gasteiger partial charge in [-0.25, -0.2) is 0 Å². The molecule has 0 aliphatic rings. The maximum absolute atomic E-state index is 8.96. The van der Waals surface area contributed by atoms with Crippen LogP contribution in [0.2, 0.25) is 0 Å². The minimum atomic E-state index is 0.310. The highest BCUT2D eigenvalue weighted by Gasteiger charge is 2.06. The second kappa shape index (κ2) is 7.82. The summed E-state index contributed by atoms with van der Waals surface area (Å²) in [7, 11) is 0. The summed E-state index contributed by atoms with van der Waals surface area (Å²) in [5.74, 6) is 0.621. The molecule has 1 rings (SSSR count). The molecule has 0 aliphatic heterocycles. The number of aliphatic hydroxyl groups excluding tert-OH is 1. The predicted octanol–water partition coefficient (Wildman–Crippen LogP) is 2.94. The average molecular weight is 241 g/mol. The van der Waals surface area contributed by atoms with E-state index in [0.717, 1.165) is 19.5 Å². The summed E-state index contributed by atoms with van der Waals surface area (Å²) < 4.78 is 0. The smallest absolute Gasteiger partial charge is 0.0434 e. The van der Waals surface area contributed by atoms with Gasteiger partial charge in [-0.3, -0.25) is 0 Å². The lowest BCUT2D eigenvalue weighted by Crippen LogP contribution is -2.22. The number of hydrogen-bond acceptors (Lipinski definition) is 3. The zero-order valence-corrected chi connectivity index (χ0v) is 11.1. The Morgan fingerprint density at radius 2 is 2.19 bits per heavy atom. The highest BCUT2D eigenvalue weighted by atomic mass is 32.1. The summed E-state index contributed by atoms with van der Waals surface area (Å²) in [6.45, 7) is 6.63. The Morgan fingerprint density at radius 3 is 2.75 bits per heavy atom. The van der Waals surface area contributed by atoms with Crippen molar-refractivity contribution in [2.45, 2.75) is 39.7 Å². The van der Waals surface area contributed by atoms with E-state index in [9.17, 15) is 0 Å². The molecule has 1 atom stereocenters. The predicted molar refractivity (Wildman–Crippen MR) is 70.9 cm³/mol. The van der Waals surface area contributed by atoms with Crippen LogP contribution in [0.25, 0.3) is 0 Å². The lowest BCUT2D eigenvalue weighted by atomic mass is 10.0. The van der Waals surface area contributed by atoms with Gasteiger partial charge in [-0.15, -0.1) is 11.3 Å². The fraction of sp³-hybridized carbons (Fsp3) is 0.692. The van der Waals surface area contributed by atoms with Crippen molar-refractivity contribution in [1.29, 1.82) is 0 Å². The van der Waals surface area contributed by atoms with E-state index in [0.29, 0.717) is 12.5 Å². The maximum atomic E-state index is 8.96. The van der Waals surface area contributed by atoms with Gasteiger partial charge in [0, 0.05) is 22.9 Å². The first-order valence-electron chi connectivity index (χ1n) is 6.13. The van der Waals surface area contributed by atoms with Crippen molar-refractivity contribution >= 4 is 11.3 Å². The number of hydrogen-bond donors (Lipinski definition) is 2. The summed E-state index contributed by atoms with van der Waals surface area (Å²) in [5, 5.41) is 12.4. The summed E-state index contributed by atoms with van der Waals surface area (Å²) in [6, 6.07) is 4.35. The van der Waals surface area contributed by atoms with E-state index < -0.39 is 0 Å². The van der Waals surface area contributed by atoms with E-state index in [-0.39, 0.29) is 0 Å². The van der Waals surface area contributed by atoms with Crippen LogP contribution in [0.1, 0.15) is 35.9 Å². The molecule has 0 fully saturated rings. The number of rotatable bonds is 8. The SMILES string of the molecule is CCCC(CCO)CNCc1ccc(C)s1. The number of thiophene rings is 1. The molecule has 0 radical (unpaired) electrons. The van der Waals surface area contributed by atoms with Crippen LogP contribution in [0.3, 0.4) is 0 Å². The monoisotopic (exact) mass is 241 g/mol. The van der Waals surface area contributed by atoms with Crippen molar-refractivity contribution in [1.82, 2.24) is 5.32 Å². The molecule has 2 N–H and O–H groups in total. The topological polar surface area (TPSA) is 32.3 Å². The van der Waals surface area contributed by atoms with E-state index in [2.05, 4.69) is 31.3 Å². The van der Waals surface area contributed by atoms with E-state index in [1.54, 1.807) is 0 Å². The highest BCUT2D eigenvalue weighted by Crippen LogP contribution is 2.15. The Kier molecular flexibility index (Phi) is 6.69.